The van der Waals surface area contributed by atoms with Crippen molar-refractivity contribution >= 4 is 5.69 Å². The number of aromatic nitrogens is 1. The zero-order chi connectivity index (χ0) is 13.2. The van der Waals surface area contributed by atoms with E-state index in [1.807, 2.05) is 19.1 Å². The van der Waals surface area contributed by atoms with Gasteiger partial charge >= 0.3 is 6.18 Å². The number of hydrogen-bond donors (Lipinski definition) is 0. The van der Waals surface area contributed by atoms with E-state index in [1.165, 1.54) is 4.90 Å². The summed E-state index contributed by atoms with van der Waals surface area (Å²) in [5.74, 6) is 0. The van der Waals surface area contributed by atoms with Crippen LogP contribution in [0.4, 0.5) is 18.9 Å². The normalized spacial score (nSPS) is 18.1. The number of piperazine rings is 1. The lowest BCUT2D eigenvalue weighted by Crippen LogP contribution is -2.49. The fourth-order valence-corrected chi connectivity index (χ4v) is 2.15. The maximum Gasteiger partial charge on any atom is 0.401 e. The number of alkyl halides is 3. The van der Waals surface area contributed by atoms with Crippen LogP contribution in [0.15, 0.2) is 18.3 Å². The highest BCUT2D eigenvalue weighted by molar-refractivity contribution is 5.46. The van der Waals surface area contributed by atoms with Crippen LogP contribution in [-0.4, -0.2) is 48.8 Å². The molecule has 3 nitrogen and oxygen atoms in total. The van der Waals surface area contributed by atoms with E-state index in [-0.39, 0.29) is 0 Å². The second kappa shape index (κ2) is 5.14. The lowest BCUT2D eigenvalue weighted by atomic mass is 10.2. The van der Waals surface area contributed by atoms with Crippen LogP contribution in [-0.2, 0) is 0 Å². The highest BCUT2D eigenvalue weighted by Crippen LogP contribution is 2.20. The van der Waals surface area contributed by atoms with Gasteiger partial charge in [-0.05, 0) is 19.1 Å². The van der Waals surface area contributed by atoms with Gasteiger partial charge in [0.15, 0.2) is 0 Å². The van der Waals surface area contributed by atoms with Gasteiger partial charge < -0.3 is 4.90 Å². The predicted octanol–water partition coefficient (Wildman–Crippen LogP) is 2.07. The molecule has 0 unspecified atom stereocenters. The van der Waals surface area contributed by atoms with Crippen molar-refractivity contribution in [2.24, 2.45) is 0 Å². The fraction of sp³-hybridized carbons (Fsp3) is 0.583. The Hall–Kier alpha value is -1.30. The van der Waals surface area contributed by atoms with Crippen molar-refractivity contribution in [2.75, 3.05) is 37.6 Å². The molecule has 0 aromatic carbocycles. The Kier molecular flexibility index (Phi) is 3.75. The van der Waals surface area contributed by atoms with Crippen LogP contribution in [0.25, 0.3) is 0 Å². The minimum Gasteiger partial charge on any atom is -0.369 e. The summed E-state index contributed by atoms with van der Waals surface area (Å²) >= 11 is 0. The molecule has 1 aromatic rings. The molecular weight excluding hydrogens is 243 g/mol. The molecule has 18 heavy (non-hydrogen) atoms. The largest absolute Gasteiger partial charge is 0.401 e. The second-order valence-electron chi connectivity index (χ2n) is 4.53. The van der Waals surface area contributed by atoms with Gasteiger partial charge in [-0.2, -0.15) is 13.2 Å². The first-order valence-electron chi connectivity index (χ1n) is 5.91. The van der Waals surface area contributed by atoms with Gasteiger partial charge in [0.1, 0.15) is 0 Å². The zero-order valence-electron chi connectivity index (χ0n) is 10.2. The Morgan fingerprint density at radius 1 is 1.22 bits per heavy atom. The molecule has 1 aliphatic heterocycles. The zero-order valence-corrected chi connectivity index (χ0v) is 10.2. The molecule has 0 bridgehead atoms. The Balaban J connectivity index is 1.91. The summed E-state index contributed by atoms with van der Waals surface area (Å²) < 4.78 is 36.7. The lowest BCUT2D eigenvalue weighted by molar-refractivity contribution is -0.146. The first-order valence-corrected chi connectivity index (χ1v) is 5.91. The minimum atomic E-state index is -4.10. The molecule has 1 saturated heterocycles. The number of nitrogens with zero attached hydrogens (tertiary/aromatic N) is 3. The van der Waals surface area contributed by atoms with Gasteiger partial charge in [0.25, 0.3) is 0 Å². The number of halogens is 3. The maximum atomic E-state index is 12.2. The van der Waals surface area contributed by atoms with E-state index in [1.54, 1.807) is 6.20 Å². The summed E-state index contributed by atoms with van der Waals surface area (Å²) in [6.45, 7) is 3.24. The van der Waals surface area contributed by atoms with Gasteiger partial charge in [0.05, 0.1) is 6.54 Å². The molecule has 2 rings (SSSR count). The first-order chi connectivity index (χ1) is 8.44. The molecule has 1 aromatic heterocycles. The van der Waals surface area contributed by atoms with E-state index in [0.29, 0.717) is 26.2 Å². The minimum absolute atomic E-state index is 0.445. The summed E-state index contributed by atoms with van der Waals surface area (Å²) in [5, 5.41) is 0. The van der Waals surface area contributed by atoms with Gasteiger partial charge in [0.2, 0.25) is 0 Å². The number of rotatable bonds is 2. The summed E-state index contributed by atoms with van der Waals surface area (Å²) in [6, 6.07) is 3.85. The second-order valence-corrected chi connectivity index (χ2v) is 4.53. The van der Waals surface area contributed by atoms with Crippen molar-refractivity contribution in [1.82, 2.24) is 9.88 Å². The van der Waals surface area contributed by atoms with Crippen molar-refractivity contribution in [3.05, 3.63) is 24.0 Å². The average Bonchev–Trinajstić information content (AvgIpc) is 2.28. The van der Waals surface area contributed by atoms with E-state index in [4.69, 9.17) is 0 Å². The van der Waals surface area contributed by atoms with Gasteiger partial charge in [-0.15, -0.1) is 0 Å². The van der Waals surface area contributed by atoms with Crippen LogP contribution in [0.3, 0.4) is 0 Å². The molecule has 0 aliphatic carbocycles. The smallest absolute Gasteiger partial charge is 0.369 e. The first kappa shape index (κ1) is 13.1. The van der Waals surface area contributed by atoms with Gasteiger partial charge in [0, 0.05) is 43.8 Å². The van der Waals surface area contributed by atoms with Crippen LogP contribution >= 0.6 is 0 Å². The Labute approximate surface area is 104 Å². The van der Waals surface area contributed by atoms with Crippen molar-refractivity contribution in [1.29, 1.82) is 0 Å². The Morgan fingerprint density at radius 2 is 1.89 bits per heavy atom. The molecule has 0 amide bonds. The Bertz CT molecular complexity index is 398. The van der Waals surface area contributed by atoms with Gasteiger partial charge in [-0.25, -0.2) is 0 Å². The number of pyridine rings is 1. The average molecular weight is 259 g/mol. The molecule has 0 atom stereocenters. The van der Waals surface area contributed by atoms with Crippen LogP contribution in [0, 0.1) is 6.92 Å². The molecule has 0 spiro atoms. The van der Waals surface area contributed by atoms with Crippen molar-refractivity contribution in [3.8, 4) is 0 Å². The van der Waals surface area contributed by atoms with E-state index in [2.05, 4.69) is 9.88 Å². The fourth-order valence-electron chi connectivity index (χ4n) is 2.15. The monoisotopic (exact) mass is 259 g/mol. The van der Waals surface area contributed by atoms with E-state index >= 15 is 0 Å². The van der Waals surface area contributed by atoms with Crippen molar-refractivity contribution in [2.45, 2.75) is 13.1 Å². The van der Waals surface area contributed by atoms with E-state index in [0.717, 1.165) is 11.4 Å². The third-order valence-corrected chi connectivity index (χ3v) is 3.02. The van der Waals surface area contributed by atoms with Crippen molar-refractivity contribution in [3.63, 3.8) is 0 Å². The molecule has 0 N–H and O–H groups in total. The topological polar surface area (TPSA) is 19.4 Å². The van der Waals surface area contributed by atoms with E-state index in [9.17, 15) is 13.2 Å². The highest BCUT2D eigenvalue weighted by Gasteiger charge is 2.32. The number of hydrogen-bond acceptors (Lipinski definition) is 3. The van der Waals surface area contributed by atoms with E-state index < -0.39 is 12.7 Å². The standard InChI is InChI=1S/C12H16F3N3/c1-10-8-11(2-3-16-10)18-6-4-17(5-7-18)9-12(13,14)15/h2-3,8H,4-7,9H2,1H3. The summed E-state index contributed by atoms with van der Waals surface area (Å²) in [7, 11) is 0. The van der Waals surface area contributed by atoms with Gasteiger partial charge in [-0.3, -0.25) is 9.88 Å². The SMILES string of the molecule is Cc1cc(N2CCN(CC(F)(F)F)CC2)ccn1. The molecule has 100 valence electrons. The predicted molar refractivity (Wildman–Crippen MR) is 63.7 cm³/mol. The van der Waals surface area contributed by atoms with Crippen molar-refractivity contribution < 1.29 is 13.2 Å². The molecule has 0 radical (unpaired) electrons. The Morgan fingerprint density at radius 3 is 2.44 bits per heavy atom. The number of aryl methyl sites for hydroxylation is 1. The number of anilines is 1. The molecular formula is C12H16F3N3. The summed E-state index contributed by atoms with van der Waals surface area (Å²) in [4.78, 5) is 7.66. The highest BCUT2D eigenvalue weighted by atomic mass is 19.4. The van der Waals surface area contributed by atoms with Gasteiger partial charge in [-0.1, -0.05) is 0 Å². The third-order valence-electron chi connectivity index (χ3n) is 3.02. The van der Waals surface area contributed by atoms with Crippen LogP contribution in [0.2, 0.25) is 0 Å². The quantitative estimate of drug-likeness (QED) is 0.810. The molecule has 1 aliphatic rings. The maximum absolute atomic E-state index is 12.2. The molecule has 0 saturated carbocycles. The molecule has 6 heteroatoms. The van der Waals surface area contributed by atoms with Crippen LogP contribution in [0.5, 0.6) is 0 Å². The lowest BCUT2D eigenvalue weighted by Gasteiger charge is -2.36. The van der Waals surface area contributed by atoms with Crippen LogP contribution < -0.4 is 4.90 Å². The summed E-state index contributed by atoms with van der Waals surface area (Å²) in [5.41, 5.74) is 1.96. The summed E-state index contributed by atoms with van der Waals surface area (Å²) in [6.07, 6.45) is -2.37. The third kappa shape index (κ3) is 3.60. The molecule has 2 heterocycles. The molecule has 1 fully saturated rings. The van der Waals surface area contributed by atoms with Crippen LogP contribution in [0.1, 0.15) is 5.69 Å².